The summed E-state index contributed by atoms with van der Waals surface area (Å²) in [6.45, 7) is 4.10. The minimum atomic E-state index is -0.354. The van der Waals surface area contributed by atoms with Crippen molar-refractivity contribution < 1.29 is 24.1 Å². The van der Waals surface area contributed by atoms with E-state index in [9.17, 15) is 5.11 Å². The van der Waals surface area contributed by atoms with Crippen molar-refractivity contribution in [2.45, 2.75) is 25.2 Å². The minimum absolute atomic E-state index is 0.221. The summed E-state index contributed by atoms with van der Waals surface area (Å²) in [4.78, 5) is 2.30. The quantitative estimate of drug-likeness (QED) is 0.891. The second-order valence-corrected chi connectivity index (χ2v) is 5.72. The van der Waals surface area contributed by atoms with Crippen LogP contribution >= 0.6 is 0 Å². The van der Waals surface area contributed by atoms with Crippen LogP contribution in [0.1, 0.15) is 18.4 Å². The Labute approximate surface area is 123 Å². The Kier molecular flexibility index (Phi) is 3.17. The number of phenolic OH excluding ortho intramolecular Hbond substituents is 1. The molecule has 2 fully saturated rings. The van der Waals surface area contributed by atoms with Gasteiger partial charge >= 0.3 is 0 Å². The van der Waals surface area contributed by atoms with Gasteiger partial charge in [-0.1, -0.05) is 0 Å². The molecule has 0 radical (unpaired) electrons. The maximum Gasteiger partial charge on any atom is 0.231 e. The molecule has 0 bridgehead atoms. The molecule has 1 spiro atoms. The molecule has 1 N–H and O–H groups in total. The van der Waals surface area contributed by atoms with Crippen molar-refractivity contribution in [3.63, 3.8) is 0 Å². The molecule has 0 atom stereocenters. The van der Waals surface area contributed by atoms with Crippen LogP contribution in [-0.4, -0.2) is 48.9 Å². The first kappa shape index (κ1) is 13.2. The van der Waals surface area contributed by atoms with Crippen LogP contribution in [0.25, 0.3) is 0 Å². The van der Waals surface area contributed by atoms with Gasteiger partial charge < -0.3 is 24.1 Å². The lowest BCUT2D eigenvalue weighted by molar-refractivity contribution is -0.185. The SMILES string of the molecule is Oc1cc2c(cc1CN1CCC3(CC1)OCCO3)OCO2. The maximum atomic E-state index is 10.1. The normalized spacial score (nSPS) is 23.8. The van der Waals surface area contributed by atoms with Gasteiger partial charge in [0.1, 0.15) is 5.75 Å². The zero-order valence-corrected chi connectivity index (χ0v) is 11.8. The zero-order valence-electron chi connectivity index (χ0n) is 11.8. The number of benzene rings is 1. The van der Waals surface area contributed by atoms with Crippen LogP contribution in [-0.2, 0) is 16.0 Å². The standard InChI is InChI=1S/C15H19NO5/c17-12-8-14-13(18-10-19-14)7-11(12)9-16-3-1-15(2-4-16)20-5-6-21-15/h7-8,17H,1-6,9-10H2. The van der Waals surface area contributed by atoms with Crippen molar-refractivity contribution in [3.8, 4) is 17.2 Å². The van der Waals surface area contributed by atoms with E-state index >= 15 is 0 Å². The number of ether oxygens (including phenoxy) is 4. The van der Waals surface area contributed by atoms with Crippen molar-refractivity contribution >= 4 is 0 Å². The topological polar surface area (TPSA) is 60.4 Å². The fourth-order valence-corrected chi connectivity index (χ4v) is 3.18. The molecule has 0 saturated carbocycles. The van der Waals surface area contributed by atoms with Gasteiger partial charge in [0, 0.05) is 44.1 Å². The molecule has 1 aromatic carbocycles. The number of hydrogen-bond acceptors (Lipinski definition) is 6. The van der Waals surface area contributed by atoms with Crippen molar-refractivity contribution in [1.29, 1.82) is 0 Å². The highest BCUT2D eigenvalue weighted by atomic mass is 16.7. The van der Waals surface area contributed by atoms with E-state index in [0.717, 1.165) is 31.5 Å². The van der Waals surface area contributed by atoms with E-state index in [2.05, 4.69) is 4.90 Å². The third-order valence-corrected chi connectivity index (χ3v) is 4.40. The van der Waals surface area contributed by atoms with E-state index < -0.39 is 0 Å². The summed E-state index contributed by atoms with van der Waals surface area (Å²) in [6, 6.07) is 3.50. The Bertz CT molecular complexity index is 531. The molecular weight excluding hydrogens is 274 g/mol. The smallest absolute Gasteiger partial charge is 0.231 e. The first-order chi connectivity index (χ1) is 10.2. The van der Waals surface area contributed by atoms with E-state index in [-0.39, 0.29) is 18.3 Å². The second-order valence-electron chi connectivity index (χ2n) is 5.72. The molecule has 0 aromatic heterocycles. The van der Waals surface area contributed by atoms with Crippen LogP contribution in [0, 0.1) is 0 Å². The Morgan fingerprint density at radius 2 is 1.71 bits per heavy atom. The van der Waals surface area contributed by atoms with Crippen LogP contribution in [0.2, 0.25) is 0 Å². The van der Waals surface area contributed by atoms with Gasteiger partial charge in [-0.3, -0.25) is 4.90 Å². The Hall–Kier alpha value is -1.50. The average molecular weight is 293 g/mol. The fourth-order valence-electron chi connectivity index (χ4n) is 3.18. The Morgan fingerprint density at radius 3 is 2.43 bits per heavy atom. The third-order valence-electron chi connectivity index (χ3n) is 4.40. The molecule has 21 heavy (non-hydrogen) atoms. The summed E-state index contributed by atoms with van der Waals surface area (Å²) in [6.07, 6.45) is 1.75. The van der Waals surface area contributed by atoms with Gasteiger partial charge in [-0.25, -0.2) is 0 Å². The molecule has 114 valence electrons. The minimum Gasteiger partial charge on any atom is -0.507 e. The van der Waals surface area contributed by atoms with Gasteiger partial charge in [-0.05, 0) is 6.07 Å². The number of aromatic hydroxyl groups is 1. The maximum absolute atomic E-state index is 10.1. The molecule has 0 amide bonds. The molecule has 0 aliphatic carbocycles. The number of piperidine rings is 1. The average Bonchev–Trinajstić information content (AvgIpc) is 3.11. The first-order valence-electron chi connectivity index (χ1n) is 7.36. The largest absolute Gasteiger partial charge is 0.507 e. The lowest BCUT2D eigenvalue weighted by Crippen LogP contribution is -2.44. The van der Waals surface area contributed by atoms with E-state index in [0.29, 0.717) is 31.3 Å². The number of hydrogen-bond donors (Lipinski definition) is 1. The number of rotatable bonds is 2. The van der Waals surface area contributed by atoms with Crippen molar-refractivity contribution in [1.82, 2.24) is 4.90 Å². The molecule has 3 heterocycles. The van der Waals surface area contributed by atoms with Gasteiger partial charge in [0.25, 0.3) is 0 Å². The second kappa shape index (κ2) is 5.05. The number of fused-ring (bicyclic) bond motifs is 1. The number of likely N-dealkylation sites (tertiary alicyclic amines) is 1. The molecule has 0 unspecified atom stereocenters. The summed E-state index contributed by atoms with van der Waals surface area (Å²) < 4.78 is 22.1. The van der Waals surface area contributed by atoms with Crippen molar-refractivity contribution in [2.24, 2.45) is 0 Å². The molecule has 1 aromatic rings. The molecule has 6 heteroatoms. The van der Waals surface area contributed by atoms with Gasteiger partial charge in [0.05, 0.1) is 13.2 Å². The molecule has 2 saturated heterocycles. The summed E-state index contributed by atoms with van der Waals surface area (Å²) >= 11 is 0. The monoisotopic (exact) mass is 293 g/mol. The molecule has 6 nitrogen and oxygen atoms in total. The molecular formula is C15H19NO5. The van der Waals surface area contributed by atoms with Crippen LogP contribution in [0.3, 0.4) is 0 Å². The van der Waals surface area contributed by atoms with Crippen LogP contribution in [0.15, 0.2) is 12.1 Å². The molecule has 4 rings (SSSR count). The molecule has 3 aliphatic rings. The lowest BCUT2D eigenvalue weighted by Gasteiger charge is -2.37. The van der Waals surface area contributed by atoms with E-state index in [1.165, 1.54) is 0 Å². The van der Waals surface area contributed by atoms with E-state index in [1.54, 1.807) is 6.07 Å². The van der Waals surface area contributed by atoms with E-state index in [1.807, 2.05) is 6.07 Å². The zero-order chi connectivity index (χ0) is 14.3. The highest BCUT2D eigenvalue weighted by Crippen LogP contribution is 2.39. The first-order valence-corrected chi connectivity index (χ1v) is 7.36. The lowest BCUT2D eigenvalue weighted by atomic mass is 10.0. The predicted octanol–water partition coefficient (Wildman–Crippen LogP) is 1.46. The summed E-state index contributed by atoms with van der Waals surface area (Å²) in [5.41, 5.74) is 0.864. The number of nitrogens with zero attached hydrogens (tertiary/aromatic N) is 1. The van der Waals surface area contributed by atoms with Gasteiger partial charge in [0.15, 0.2) is 17.3 Å². The summed E-state index contributed by atoms with van der Waals surface area (Å²) in [5.74, 6) is 1.22. The molecule has 3 aliphatic heterocycles. The fraction of sp³-hybridized carbons (Fsp3) is 0.600. The number of phenols is 1. The van der Waals surface area contributed by atoms with Gasteiger partial charge in [-0.15, -0.1) is 0 Å². The van der Waals surface area contributed by atoms with E-state index in [4.69, 9.17) is 18.9 Å². The van der Waals surface area contributed by atoms with Gasteiger partial charge in [0.2, 0.25) is 6.79 Å². The van der Waals surface area contributed by atoms with Gasteiger partial charge in [-0.2, -0.15) is 0 Å². The van der Waals surface area contributed by atoms with Crippen molar-refractivity contribution in [3.05, 3.63) is 17.7 Å². The Morgan fingerprint density at radius 1 is 1.05 bits per heavy atom. The van der Waals surface area contributed by atoms with Crippen LogP contribution < -0.4 is 9.47 Å². The Balaban J connectivity index is 1.43. The third kappa shape index (κ3) is 2.43. The predicted molar refractivity (Wildman–Crippen MR) is 73.4 cm³/mol. The van der Waals surface area contributed by atoms with Crippen molar-refractivity contribution in [2.75, 3.05) is 33.1 Å². The highest BCUT2D eigenvalue weighted by molar-refractivity contribution is 5.51. The highest BCUT2D eigenvalue weighted by Gasteiger charge is 2.39. The summed E-state index contributed by atoms with van der Waals surface area (Å²) in [7, 11) is 0. The summed E-state index contributed by atoms with van der Waals surface area (Å²) in [5, 5.41) is 10.1. The van der Waals surface area contributed by atoms with Crippen LogP contribution in [0.4, 0.5) is 0 Å². The van der Waals surface area contributed by atoms with Crippen LogP contribution in [0.5, 0.6) is 17.2 Å².